The summed E-state index contributed by atoms with van der Waals surface area (Å²) in [6, 6.07) is 10.2. The smallest absolute Gasteiger partial charge is 0.252 e. The summed E-state index contributed by atoms with van der Waals surface area (Å²) in [5.41, 5.74) is 1.16. The Balaban J connectivity index is 1.77. The highest BCUT2D eigenvalue weighted by Gasteiger charge is 2.37. The van der Waals surface area contributed by atoms with Crippen molar-refractivity contribution in [3.05, 3.63) is 35.9 Å². The summed E-state index contributed by atoms with van der Waals surface area (Å²) < 4.78 is 0. The van der Waals surface area contributed by atoms with Gasteiger partial charge in [0.15, 0.2) is 0 Å². The lowest BCUT2D eigenvalue weighted by Crippen LogP contribution is -2.51. The van der Waals surface area contributed by atoms with Gasteiger partial charge in [0.1, 0.15) is 0 Å². The molecule has 4 heteroatoms. The van der Waals surface area contributed by atoms with Crippen LogP contribution in [-0.4, -0.2) is 30.7 Å². The van der Waals surface area contributed by atoms with Crippen LogP contribution in [0, 0.1) is 5.92 Å². The Morgan fingerprint density at radius 2 is 2.06 bits per heavy atom. The first kappa shape index (κ1) is 10.7. The zero-order valence-corrected chi connectivity index (χ0v) is 9.63. The summed E-state index contributed by atoms with van der Waals surface area (Å²) in [5, 5.41) is 4.70. The molecule has 4 nitrogen and oxygen atoms in total. The van der Waals surface area contributed by atoms with Crippen molar-refractivity contribution in [3.8, 4) is 0 Å². The van der Waals surface area contributed by atoms with Crippen molar-refractivity contribution < 1.29 is 9.63 Å². The Labute approximate surface area is 101 Å². The number of carbonyl (C=O) groups is 1. The summed E-state index contributed by atoms with van der Waals surface area (Å²) in [6.45, 7) is 2.19. The monoisotopic (exact) mass is 232 g/mol. The normalized spacial score (nSPS) is 24.7. The minimum Gasteiger partial charge on any atom is -0.315 e. The molecule has 1 amide bonds. The molecule has 1 atom stereocenters. The first-order valence-corrected chi connectivity index (χ1v) is 6.08. The van der Waals surface area contributed by atoms with Crippen LogP contribution in [0.5, 0.6) is 0 Å². The second kappa shape index (κ2) is 4.47. The van der Waals surface area contributed by atoms with Gasteiger partial charge in [-0.05, 0) is 5.56 Å². The van der Waals surface area contributed by atoms with Gasteiger partial charge < -0.3 is 5.32 Å². The molecule has 0 aliphatic carbocycles. The molecule has 0 radical (unpaired) electrons. The van der Waals surface area contributed by atoms with E-state index in [2.05, 4.69) is 17.4 Å². The molecule has 0 saturated carbocycles. The van der Waals surface area contributed by atoms with Gasteiger partial charge in [-0.2, -0.15) is 0 Å². The molecule has 17 heavy (non-hydrogen) atoms. The van der Waals surface area contributed by atoms with E-state index in [4.69, 9.17) is 4.84 Å². The fourth-order valence-corrected chi connectivity index (χ4v) is 2.31. The van der Waals surface area contributed by atoms with Crippen LogP contribution in [0.3, 0.4) is 0 Å². The molecule has 1 aromatic rings. The number of amides is 1. The number of benzene rings is 1. The van der Waals surface area contributed by atoms with Gasteiger partial charge in [-0.15, -0.1) is 0 Å². The Morgan fingerprint density at radius 1 is 1.29 bits per heavy atom. The Bertz CT molecular complexity index is 403. The quantitative estimate of drug-likeness (QED) is 0.830. The summed E-state index contributed by atoms with van der Waals surface area (Å²) in [4.78, 5) is 17.7. The van der Waals surface area contributed by atoms with Gasteiger partial charge in [-0.1, -0.05) is 30.3 Å². The second-order valence-electron chi connectivity index (χ2n) is 4.57. The Morgan fingerprint density at radius 3 is 2.71 bits per heavy atom. The molecule has 1 N–H and O–H groups in total. The molecular formula is C13H16N2O2. The topological polar surface area (TPSA) is 41.6 Å². The van der Waals surface area contributed by atoms with Gasteiger partial charge in [-0.3, -0.25) is 9.63 Å². The van der Waals surface area contributed by atoms with Crippen LogP contribution < -0.4 is 5.32 Å². The zero-order chi connectivity index (χ0) is 11.7. The van der Waals surface area contributed by atoms with Crippen molar-refractivity contribution in [3.63, 3.8) is 0 Å². The zero-order valence-electron chi connectivity index (χ0n) is 9.63. The molecule has 0 bridgehead atoms. The SMILES string of the molecule is O=C(C1CNC1)N1OCC[C@H]1c1ccccc1. The van der Waals surface area contributed by atoms with Crippen molar-refractivity contribution in [2.75, 3.05) is 19.7 Å². The number of nitrogens with one attached hydrogen (secondary N) is 1. The van der Waals surface area contributed by atoms with Gasteiger partial charge >= 0.3 is 0 Å². The number of hydroxylamine groups is 2. The molecule has 2 aliphatic heterocycles. The summed E-state index contributed by atoms with van der Waals surface area (Å²) >= 11 is 0. The van der Waals surface area contributed by atoms with E-state index >= 15 is 0 Å². The summed E-state index contributed by atoms with van der Waals surface area (Å²) in [6.07, 6.45) is 0.885. The van der Waals surface area contributed by atoms with Crippen molar-refractivity contribution in [2.45, 2.75) is 12.5 Å². The highest BCUT2D eigenvalue weighted by molar-refractivity contribution is 5.79. The average Bonchev–Trinajstić information content (AvgIpc) is 2.76. The molecule has 0 unspecified atom stereocenters. The van der Waals surface area contributed by atoms with E-state index in [0.29, 0.717) is 6.61 Å². The number of rotatable bonds is 2. The first-order chi connectivity index (χ1) is 8.36. The lowest BCUT2D eigenvalue weighted by Gasteiger charge is -2.32. The van der Waals surface area contributed by atoms with Gasteiger partial charge in [-0.25, -0.2) is 5.06 Å². The van der Waals surface area contributed by atoms with Crippen LogP contribution in [-0.2, 0) is 9.63 Å². The van der Waals surface area contributed by atoms with Crippen molar-refractivity contribution in [1.29, 1.82) is 0 Å². The maximum absolute atomic E-state index is 12.2. The van der Waals surface area contributed by atoms with Crippen LogP contribution >= 0.6 is 0 Å². The maximum Gasteiger partial charge on any atom is 0.252 e. The standard InChI is InChI=1S/C13H16N2O2/c16-13(11-8-14-9-11)15-12(6-7-17-15)10-4-2-1-3-5-10/h1-5,11-12,14H,6-9H2/t12-/m0/s1. The lowest BCUT2D eigenvalue weighted by atomic mass is 9.99. The van der Waals surface area contributed by atoms with Gasteiger partial charge in [0.2, 0.25) is 0 Å². The molecule has 2 heterocycles. The van der Waals surface area contributed by atoms with Gasteiger partial charge in [0, 0.05) is 19.5 Å². The highest BCUT2D eigenvalue weighted by atomic mass is 16.7. The number of hydrogen-bond acceptors (Lipinski definition) is 3. The minimum absolute atomic E-state index is 0.0873. The minimum atomic E-state index is 0.0873. The van der Waals surface area contributed by atoms with E-state index in [1.165, 1.54) is 0 Å². The van der Waals surface area contributed by atoms with E-state index in [-0.39, 0.29) is 17.9 Å². The molecular weight excluding hydrogens is 216 g/mol. The Hall–Kier alpha value is -1.39. The Kier molecular flexibility index (Phi) is 2.82. The van der Waals surface area contributed by atoms with Crippen LogP contribution in [0.2, 0.25) is 0 Å². The average molecular weight is 232 g/mol. The predicted molar refractivity (Wildman–Crippen MR) is 63.0 cm³/mol. The summed E-state index contributed by atoms with van der Waals surface area (Å²) in [5.74, 6) is 0.217. The van der Waals surface area contributed by atoms with E-state index in [1.54, 1.807) is 5.06 Å². The largest absolute Gasteiger partial charge is 0.315 e. The van der Waals surface area contributed by atoms with Crippen molar-refractivity contribution >= 4 is 5.91 Å². The lowest BCUT2D eigenvalue weighted by molar-refractivity contribution is -0.183. The van der Waals surface area contributed by atoms with Crippen LogP contribution in [0.4, 0.5) is 0 Å². The van der Waals surface area contributed by atoms with Crippen LogP contribution in [0.25, 0.3) is 0 Å². The number of nitrogens with zero attached hydrogens (tertiary/aromatic N) is 1. The van der Waals surface area contributed by atoms with E-state index in [1.807, 2.05) is 18.2 Å². The third kappa shape index (κ3) is 1.94. The van der Waals surface area contributed by atoms with Crippen molar-refractivity contribution in [1.82, 2.24) is 10.4 Å². The fourth-order valence-electron chi connectivity index (χ4n) is 2.31. The van der Waals surface area contributed by atoms with E-state index in [0.717, 1.165) is 25.1 Å². The van der Waals surface area contributed by atoms with Gasteiger partial charge in [0.05, 0.1) is 18.6 Å². The van der Waals surface area contributed by atoms with Gasteiger partial charge in [0.25, 0.3) is 5.91 Å². The van der Waals surface area contributed by atoms with Crippen LogP contribution in [0.15, 0.2) is 30.3 Å². The molecule has 2 saturated heterocycles. The van der Waals surface area contributed by atoms with Crippen molar-refractivity contribution in [2.24, 2.45) is 5.92 Å². The maximum atomic E-state index is 12.2. The third-order valence-corrected chi connectivity index (χ3v) is 3.44. The number of hydrogen-bond donors (Lipinski definition) is 1. The van der Waals surface area contributed by atoms with E-state index in [9.17, 15) is 4.79 Å². The number of carbonyl (C=O) groups excluding carboxylic acids is 1. The molecule has 2 fully saturated rings. The fraction of sp³-hybridized carbons (Fsp3) is 0.462. The van der Waals surface area contributed by atoms with E-state index < -0.39 is 0 Å². The molecule has 3 rings (SSSR count). The molecule has 90 valence electrons. The second-order valence-corrected chi connectivity index (χ2v) is 4.57. The highest BCUT2D eigenvalue weighted by Crippen LogP contribution is 2.31. The third-order valence-electron chi connectivity index (χ3n) is 3.44. The molecule has 0 aromatic heterocycles. The predicted octanol–water partition coefficient (Wildman–Crippen LogP) is 1.11. The van der Waals surface area contributed by atoms with Crippen LogP contribution in [0.1, 0.15) is 18.0 Å². The molecule has 1 aromatic carbocycles. The first-order valence-electron chi connectivity index (χ1n) is 6.08. The molecule has 0 spiro atoms. The molecule has 2 aliphatic rings. The summed E-state index contributed by atoms with van der Waals surface area (Å²) in [7, 11) is 0.